The molecule has 2 atom stereocenters. The molecule has 2 aromatic heterocycles. The maximum atomic E-state index is 14.6. The number of carbonyl (C=O) groups excluding carboxylic acids is 3. The van der Waals surface area contributed by atoms with Crippen LogP contribution in [0.3, 0.4) is 0 Å². The van der Waals surface area contributed by atoms with Gasteiger partial charge in [-0.05, 0) is 106 Å². The summed E-state index contributed by atoms with van der Waals surface area (Å²) in [6, 6.07) is 13.0. The minimum atomic E-state index is -0.627. The van der Waals surface area contributed by atoms with E-state index in [0.717, 1.165) is 70.3 Å². The molecule has 3 aliphatic rings. The van der Waals surface area contributed by atoms with Gasteiger partial charge in [0.1, 0.15) is 28.8 Å². The second-order valence-corrected chi connectivity index (χ2v) is 14.3. The van der Waals surface area contributed by atoms with Crippen LogP contribution in [-0.2, 0) is 14.3 Å². The average Bonchev–Trinajstić information content (AvgIpc) is 3.84. The van der Waals surface area contributed by atoms with Crippen LogP contribution in [0.1, 0.15) is 91.2 Å². The first-order valence-electron chi connectivity index (χ1n) is 19.1. The standard InChI is InChI=1S/C40H47F2N7O5/c41-29-8-11-33(42)31(25-29)34-5-4-18-48(34)36-16-21-49-38(45-36)32(26-44-49)39(51)43-17-2-1-3-23-53-24-22-47-19-14-28(15-20-47)27-6-9-30(10-7-27)54-35-12-13-37(50)46-40(35)52/h6-11,16,21,25-26,28,34-35H,1-5,12-15,17-20,22-24H2,(H,43,51)(H,46,50,52). The number of fused-ring (bicyclic) bond motifs is 1. The molecule has 2 N–H and O–H groups in total. The predicted octanol–water partition coefficient (Wildman–Crippen LogP) is 5.33. The Morgan fingerprint density at radius 3 is 2.59 bits per heavy atom. The van der Waals surface area contributed by atoms with Gasteiger partial charge in [0.25, 0.3) is 11.8 Å². The van der Waals surface area contributed by atoms with Crippen molar-refractivity contribution in [2.45, 2.75) is 75.9 Å². The van der Waals surface area contributed by atoms with Crippen LogP contribution < -0.4 is 20.3 Å². The Morgan fingerprint density at radius 1 is 0.944 bits per heavy atom. The zero-order valence-corrected chi connectivity index (χ0v) is 30.4. The normalized spacial score (nSPS) is 19.7. The summed E-state index contributed by atoms with van der Waals surface area (Å²) in [6.45, 7) is 5.46. The molecule has 4 aromatic rings. The van der Waals surface area contributed by atoms with Crippen LogP contribution in [0.4, 0.5) is 14.6 Å². The Bertz CT molecular complexity index is 1930. The van der Waals surface area contributed by atoms with Gasteiger partial charge < -0.3 is 24.6 Å². The highest BCUT2D eigenvalue weighted by atomic mass is 19.1. The Labute approximate surface area is 313 Å². The van der Waals surface area contributed by atoms with Gasteiger partial charge in [-0.15, -0.1) is 0 Å². The number of ether oxygens (including phenoxy) is 2. The van der Waals surface area contributed by atoms with E-state index < -0.39 is 17.7 Å². The Hall–Kier alpha value is -4.95. The number of unbranched alkanes of at least 4 members (excludes halogenated alkanes) is 2. The molecule has 2 unspecified atom stereocenters. The second kappa shape index (κ2) is 17.5. The summed E-state index contributed by atoms with van der Waals surface area (Å²) in [7, 11) is 0. The maximum absolute atomic E-state index is 14.6. The molecule has 3 aliphatic heterocycles. The van der Waals surface area contributed by atoms with Crippen molar-refractivity contribution in [1.82, 2.24) is 30.1 Å². The third-order valence-electron chi connectivity index (χ3n) is 10.7. The number of anilines is 1. The van der Waals surface area contributed by atoms with Gasteiger partial charge >= 0.3 is 0 Å². The molecule has 0 saturated carbocycles. The van der Waals surface area contributed by atoms with Crippen molar-refractivity contribution in [3.05, 3.63) is 89.2 Å². The lowest BCUT2D eigenvalue weighted by Gasteiger charge is -2.32. The van der Waals surface area contributed by atoms with Gasteiger partial charge in [0.15, 0.2) is 11.8 Å². The highest BCUT2D eigenvalue weighted by Gasteiger charge is 2.31. The number of halogens is 2. The predicted molar refractivity (Wildman–Crippen MR) is 197 cm³/mol. The monoisotopic (exact) mass is 743 g/mol. The highest BCUT2D eigenvalue weighted by Crippen LogP contribution is 2.37. The molecule has 3 fully saturated rings. The molecule has 0 spiro atoms. The van der Waals surface area contributed by atoms with E-state index in [4.69, 9.17) is 14.5 Å². The summed E-state index contributed by atoms with van der Waals surface area (Å²) in [5.74, 6) is -0.0781. The number of rotatable bonds is 15. The number of likely N-dealkylation sites (tertiary alicyclic amines) is 1. The fourth-order valence-electron chi connectivity index (χ4n) is 7.67. The fraction of sp³-hybridized carbons (Fsp3) is 0.475. The van der Waals surface area contributed by atoms with Gasteiger partial charge in [0, 0.05) is 50.8 Å². The van der Waals surface area contributed by atoms with Crippen molar-refractivity contribution < 1.29 is 32.6 Å². The van der Waals surface area contributed by atoms with Gasteiger partial charge in [-0.2, -0.15) is 5.10 Å². The molecular weight excluding hydrogens is 696 g/mol. The molecule has 0 aliphatic carbocycles. The molecule has 2 aromatic carbocycles. The Kier molecular flexibility index (Phi) is 12.1. The summed E-state index contributed by atoms with van der Waals surface area (Å²) >= 11 is 0. The number of nitrogens with zero attached hydrogens (tertiary/aromatic N) is 5. The smallest absolute Gasteiger partial charge is 0.267 e. The first-order valence-corrected chi connectivity index (χ1v) is 19.1. The van der Waals surface area contributed by atoms with Crippen LogP contribution in [0, 0.1) is 11.6 Å². The van der Waals surface area contributed by atoms with E-state index in [0.29, 0.717) is 79.8 Å². The van der Waals surface area contributed by atoms with Crippen molar-refractivity contribution in [3.63, 3.8) is 0 Å². The lowest BCUT2D eigenvalue weighted by molar-refractivity contribution is -0.138. The molecule has 5 heterocycles. The number of imide groups is 1. The average molecular weight is 744 g/mol. The third kappa shape index (κ3) is 9.04. The molecule has 14 heteroatoms. The lowest BCUT2D eigenvalue weighted by atomic mass is 9.89. The van der Waals surface area contributed by atoms with E-state index in [-0.39, 0.29) is 23.8 Å². The molecule has 0 bridgehead atoms. The van der Waals surface area contributed by atoms with Gasteiger partial charge in [0.2, 0.25) is 5.91 Å². The van der Waals surface area contributed by atoms with E-state index in [1.807, 2.05) is 17.0 Å². The summed E-state index contributed by atoms with van der Waals surface area (Å²) in [6.07, 6.45) is 9.59. The lowest BCUT2D eigenvalue weighted by Crippen LogP contribution is -2.46. The Balaban J connectivity index is 0.768. The van der Waals surface area contributed by atoms with E-state index in [1.165, 1.54) is 17.8 Å². The van der Waals surface area contributed by atoms with Gasteiger partial charge in [-0.25, -0.2) is 18.3 Å². The molecule has 3 saturated heterocycles. The number of hydrogen-bond donors (Lipinski definition) is 2. The van der Waals surface area contributed by atoms with Crippen LogP contribution in [0.25, 0.3) is 5.65 Å². The number of benzene rings is 2. The van der Waals surface area contributed by atoms with E-state index in [1.54, 1.807) is 16.8 Å². The highest BCUT2D eigenvalue weighted by molar-refractivity contribution is 6.00. The molecule has 7 rings (SSSR count). The van der Waals surface area contributed by atoms with Gasteiger partial charge in [0.05, 0.1) is 18.8 Å². The molecule has 3 amide bonds. The van der Waals surface area contributed by atoms with Crippen LogP contribution in [-0.4, -0.2) is 89.3 Å². The summed E-state index contributed by atoms with van der Waals surface area (Å²) in [4.78, 5) is 45.6. The van der Waals surface area contributed by atoms with Crippen LogP contribution >= 0.6 is 0 Å². The minimum absolute atomic E-state index is 0.250. The SMILES string of the molecule is O=C1CCC(Oc2ccc(C3CCN(CCOCCCCCNC(=O)c4cnn5ccc(N6CCCC6c6cc(F)ccc6F)nc45)CC3)cc2)C(=O)N1. The van der Waals surface area contributed by atoms with Crippen LogP contribution in [0.15, 0.2) is 60.9 Å². The Morgan fingerprint density at radius 2 is 1.78 bits per heavy atom. The second-order valence-electron chi connectivity index (χ2n) is 14.3. The minimum Gasteiger partial charge on any atom is -0.481 e. The van der Waals surface area contributed by atoms with Crippen LogP contribution in [0.5, 0.6) is 5.75 Å². The van der Waals surface area contributed by atoms with Crippen molar-refractivity contribution in [1.29, 1.82) is 0 Å². The summed E-state index contributed by atoms with van der Waals surface area (Å²) in [5, 5.41) is 9.60. The van der Waals surface area contributed by atoms with Gasteiger partial charge in [-0.3, -0.25) is 19.7 Å². The number of carbonyl (C=O) groups is 3. The van der Waals surface area contributed by atoms with Crippen molar-refractivity contribution in [3.8, 4) is 5.75 Å². The quantitative estimate of drug-likeness (QED) is 0.123. The summed E-state index contributed by atoms with van der Waals surface area (Å²) < 4.78 is 41.9. The van der Waals surface area contributed by atoms with Crippen LogP contribution in [0.2, 0.25) is 0 Å². The fourth-order valence-corrected chi connectivity index (χ4v) is 7.67. The van der Waals surface area contributed by atoms with E-state index in [2.05, 4.69) is 32.8 Å². The number of nitrogens with one attached hydrogen (secondary N) is 2. The largest absolute Gasteiger partial charge is 0.481 e. The molecular formula is C40H47F2N7O5. The van der Waals surface area contributed by atoms with Crippen molar-refractivity contribution in [2.75, 3.05) is 50.8 Å². The number of aromatic nitrogens is 3. The number of piperidine rings is 2. The molecule has 12 nitrogen and oxygen atoms in total. The van der Waals surface area contributed by atoms with E-state index in [9.17, 15) is 23.2 Å². The van der Waals surface area contributed by atoms with Crippen molar-refractivity contribution >= 4 is 29.2 Å². The maximum Gasteiger partial charge on any atom is 0.267 e. The zero-order chi connectivity index (χ0) is 37.4. The molecule has 286 valence electrons. The molecule has 54 heavy (non-hydrogen) atoms. The third-order valence-corrected chi connectivity index (χ3v) is 10.7. The molecule has 0 radical (unpaired) electrons. The van der Waals surface area contributed by atoms with E-state index >= 15 is 0 Å². The first kappa shape index (κ1) is 37.4. The number of hydrogen-bond acceptors (Lipinski definition) is 9. The van der Waals surface area contributed by atoms with Gasteiger partial charge in [-0.1, -0.05) is 12.1 Å². The first-order chi connectivity index (χ1) is 26.3. The summed E-state index contributed by atoms with van der Waals surface area (Å²) in [5.41, 5.74) is 2.37. The topological polar surface area (TPSA) is 130 Å². The zero-order valence-electron chi connectivity index (χ0n) is 30.4. The van der Waals surface area contributed by atoms with Crippen molar-refractivity contribution in [2.24, 2.45) is 0 Å². The number of amides is 3.